The maximum absolute atomic E-state index is 13.2. The molecule has 0 spiro atoms. The zero-order valence-electron chi connectivity index (χ0n) is 20.5. The number of hydrogen-bond acceptors (Lipinski definition) is 3. The van der Waals surface area contributed by atoms with Gasteiger partial charge in [0.05, 0.1) is 17.9 Å². The van der Waals surface area contributed by atoms with Gasteiger partial charge in [0.25, 0.3) is 5.91 Å². The molecule has 1 aliphatic carbocycles. The van der Waals surface area contributed by atoms with Gasteiger partial charge < -0.3 is 14.6 Å². The van der Waals surface area contributed by atoms with Crippen LogP contribution in [0.3, 0.4) is 0 Å². The first kappa shape index (κ1) is 23.8. The highest BCUT2D eigenvalue weighted by Crippen LogP contribution is 2.31. The van der Waals surface area contributed by atoms with Crippen molar-refractivity contribution < 1.29 is 14.3 Å². The number of rotatable bonds is 6. The average Bonchev–Trinajstić information content (AvgIpc) is 3.20. The van der Waals surface area contributed by atoms with Gasteiger partial charge in [-0.25, -0.2) is 4.79 Å². The van der Waals surface area contributed by atoms with E-state index in [9.17, 15) is 9.59 Å². The van der Waals surface area contributed by atoms with Gasteiger partial charge in [0, 0.05) is 23.0 Å². The standard InChI is InChI=1S/C29H34N2O3/c1-5-34-29(33)25-18-27(22-12-7-6-8-13-22)31(21(25)4)24-15-10-14-23(17-24)28(32)30-26-16-9-11-19(2)20(26)3/h6-8,10,12-15,17-20,26H,5,9,11,16H2,1-4H3,(H,30,32)/t19-,20-,26-/m1/s1. The smallest absolute Gasteiger partial charge is 0.339 e. The first-order chi connectivity index (χ1) is 16.4. The van der Waals surface area contributed by atoms with Crippen molar-refractivity contribution in [1.82, 2.24) is 9.88 Å². The van der Waals surface area contributed by atoms with Crippen molar-refractivity contribution in [1.29, 1.82) is 0 Å². The Hall–Kier alpha value is -3.34. The van der Waals surface area contributed by atoms with E-state index in [2.05, 4.69) is 19.2 Å². The van der Waals surface area contributed by atoms with Gasteiger partial charge >= 0.3 is 5.97 Å². The van der Waals surface area contributed by atoms with E-state index in [1.54, 1.807) is 6.92 Å². The van der Waals surface area contributed by atoms with E-state index in [0.29, 0.717) is 29.6 Å². The second-order valence-electron chi connectivity index (χ2n) is 9.35. The number of amides is 1. The number of aromatic nitrogens is 1. The Morgan fingerprint density at radius 2 is 1.79 bits per heavy atom. The van der Waals surface area contributed by atoms with Crippen LogP contribution in [0.15, 0.2) is 60.7 Å². The van der Waals surface area contributed by atoms with Gasteiger partial charge in [-0.3, -0.25) is 4.79 Å². The molecule has 1 N–H and O–H groups in total. The van der Waals surface area contributed by atoms with Crippen molar-refractivity contribution in [3.05, 3.63) is 77.5 Å². The zero-order chi connectivity index (χ0) is 24.2. The van der Waals surface area contributed by atoms with E-state index < -0.39 is 0 Å². The molecule has 1 heterocycles. The maximum atomic E-state index is 13.2. The van der Waals surface area contributed by atoms with Gasteiger partial charge in [0.15, 0.2) is 0 Å². The molecular weight excluding hydrogens is 424 g/mol. The molecule has 5 heteroatoms. The van der Waals surface area contributed by atoms with Crippen LogP contribution in [0.2, 0.25) is 0 Å². The van der Waals surface area contributed by atoms with Crippen LogP contribution in [0.4, 0.5) is 0 Å². The normalized spacial score (nSPS) is 20.1. The average molecular weight is 459 g/mol. The molecule has 5 nitrogen and oxygen atoms in total. The van der Waals surface area contributed by atoms with Crippen LogP contribution < -0.4 is 5.32 Å². The molecule has 1 saturated carbocycles. The third-order valence-electron chi connectivity index (χ3n) is 7.20. The van der Waals surface area contributed by atoms with E-state index in [4.69, 9.17) is 4.74 Å². The maximum Gasteiger partial charge on any atom is 0.339 e. The van der Waals surface area contributed by atoms with Crippen molar-refractivity contribution >= 4 is 11.9 Å². The number of carbonyl (C=O) groups excluding carboxylic acids is 2. The molecule has 0 unspecified atom stereocenters. The van der Waals surface area contributed by atoms with Crippen LogP contribution in [0.5, 0.6) is 0 Å². The summed E-state index contributed by atoms with van der Waals surface area (Å²) < 4.78 is 7.33. The molecule has 34 heavy (non-hydrogen) atoms. The lowest BCUT2D eigenvalue weighted by atomic mass is 9.78. The van der Waals surface area contributed by atoms with Crippen LogP contribution in [-0.4, -0.2) is 29.1 Å². The quantitative estimate of drug-likeness (QED) is 0.449. The first-order valence-electron chi connectivity index (χ1n) is 12.3. The summed E-state index contributed by atoms with van der Waals surface area (Å²) in [5, 5.41) is 3.27. The fourth-order valence-corrected chi connectivity index (χ4v) is 5.00. The number of nitrogens with zero attached hydrogens (tertiary/aromatic N) is 1. The number of esters is 1. The molecule has 1 aliphatic rings. The van der Waals surface area contributed by atoms with Gasteiger partial charge in [-0.2, -0.15) is 0 Å². The van der Waals surface area contributed by atoms with Crippen LogP contribution in [0.25, 0.3) is 16.9 Å². The summed E-state index contributed by atoms with van der Waals surface area (Å²) in [6.45, 7) is 8.54. The highest BCUT2D eigenvalue weighted by Gasteiger charge is 2.28. The molecule has 1 fully saturated rings. The third kappa shape index (κ3) is 4.79. The van der Waals surface area contributed by atoms with Crippen molar-refractivity contribution in [2.75, 3.05) is 6.61 Å². The minimum atomic E-state index is -0.342. The summed E-state index contributed by atoms with van der Waals surface area (Å²) in [4.78, 5) is 25.8. The Kier molecular flexibility index (Phi) is 7.20. The summed E-state index contributed by atoms with van der Waals surface area (Å²) in [5.41, 5.74) is 4.64. The van der Waals surface area contributed by atoms with E-state index in [0.717, 1.165) is 35.5 Å². The number of benzene rings is 2. The Labute approximate surface area is 202 Å². The molecule has 0 radical (unpaired) electrons. The molecule has 3 atom stereocenters. The lowest BCUT2D eigenvalue weighted by molar-refractivity contribution is 0.0525. The van der Waals surface area contributed by atoms with Crippen LogP contribution in [-0.2, 0) is 4.74 Å². The van der Waals surface area contributed by atoms with Crippen LogP contribution in [0.1, 0.15) is 66.4 Å². The number of ether oxygens (including phenoxy) is 1. The zero-order valence-corrected chi connectivity index (χ0v) is 20.5. The Balaban J connectivity index is 1.71. The van der Waals surface area contributed by atoms with Gasteiger partial charge in [0.1, 0.15) is 0 Å². The summed E-state index contributed by atoms with van der Waals surface area (Å²) in [6.07, 6.45) is 3.39. The number of nitrogens with one attached hydrogen (secondary N) is 1. The Morgan fingerprint density at radius 3 is 2.53 bits per heavy atom. The SMILES string of the molecule is CCOC(=O)c1cc(-c2ccccc2)n(-c2cccc(C(=O)N[C@@H]3CCC[C@@H](C)[C@H]3C)c2)c1C. The Morgan fingerprint density at radius 1 is 1.03 bits per heavy atom. The predicted molar refractivity (Wildman–Crippen MR) is 135 cm³/mol. The summed E-state index contributed by atoms with van der Waals surface area (Å²) in [7, 11) is 0. The van der Waals surface area contributed by atoms with Crippen LogP contribution >= 0.6 is 0 Å². The van der Waals surface area contributed by atoms with Crippen LogP contribution in [0, 0.1) is 18.8 Å². The molecule has 0 aliphatic heterocycles. The molecule has 178 valence electrons. The Bertz CT molecular complexity index is 1170. The van der Waals surface area contributed by atoms with E-state index in [1.807, 2.05) is 72.2 Å². The fraction of sp³-hybridized carbons (Fsp3) is 0.379. The molecule has 2 aromatic carbocycles. The monoisotopic (exact) mass is 458 g/mol. The van der Waals surface area contributed by atoms with Crippen molar-refractivity contribution in [2.45, 2.75) is 53.0 Å². The predicted octanol–water partition coefficient (Wildman–Crippen LogP) is 6.18. The van der Waals surface area contributed by atoms with E-state index in [-0.39, 0.29) is 17.9 Å². The second-order valence-corrected chi connectivity index (χ2v) is 9.35. The second kappa shape index (κ2) is 10.3. The van der Waals surface area contributed by atoms with Gasteiger partial charge in [0.2, 0.25) is 0 Å². The number of hydrogen-bond donors (Lipinski definition) is 1. The van der Waals surface area contributed by atoms with Gasteiger partial charge in [-0.05, 0) is 61.9 Å². The van der Waals surface area contributed by atoms with Crippen molar-refractivity contribution in [3.63, 3.8) is 0 Å². The highest BCUT2D eigenvalue weighted by atomic mass is 16.5. The van der Waals surface area contributed by atoms with Crippen molar-refractivity contribution in [3.8, 4) is 16.9 Å². The molecule has 0 saturated heterocycles. The lowest BCUT2D eigenvalue weighted by Crippen LogP contribution is -2.43. The minimum absolute atomic E-state index is 0.0514. The molecular formula is C29H34N2O3. The van der Waals surface area contributed by atoms with E-state index in [1.165, 1.54) is 6.42 Å². The molecule has 3 aromatic rings. The van der Waals surface area contributed by atoms with Gasteiger partial charge in [-0.15, -0.1) is 0 Å². The lowest BCUT2D eigenvalue weighted by Gasteiger charge is -2.34. The van der Waals surface area contributed by atoms with Crippen molar-refractivity contribution in [2.24, 2.45) is 11.8 Å². The minimum Gasteiger partial charge on any atom is -0.462 e. The highest BCUT2D eigenvalue weighted by molar-refractivity contribution is 5.96. The molecule has 1 aromatic heterocycles. The summed E-state index contributed by atoms with van der Waals surface area (Å²) in [6, 6.07) is 19.6. The molecule has 1 amide bonds. The molecule has 0 bridgehead atoms. The summed E-state index contributed by atoms with van der Waals surface area (Å²) in [5.74, 6) is 0.682. The van der Waals surface area contributed by atoms with Gasteiger partial charge in [-0.1, -0.05) is 63.1 Å². The van der Waals surface area contributed by atoms with E-state index >= 15 is 0 Å². The summed E-state index contributed by atoms with van der Waals surface area (Å²) >= 11 is 0. The largest absolute Gasteiger partial charge is 0.462 e. The molecule has 4 rings (SSSR count). The fourth-order valence-electron chi connectivity index (χ4n) is 5.00. The number of carbonyl (C=O) groups is 2. The first-order valence-corrected chi connectivity index (χ1v) is 12.3. The topological polar surface area (TPSA) is 60.3 Å². The third-order valence-corrected chi connectivity index (χ3v) is 7.20.